The number of ketones is 1. The third kappa shape index (κ3) is 2.98. The van der Waals surface area contributed by atoms with Gasteiger partial charge in [0.05, 0.1) is 6.20 Å². The molecular formula is C20H20N4O2. The molecule has 0 radical (unpaired) electrons. The summed E-state index contributed by atoms with van der Waals surface area (Å²) in [6, 6.07) is 11.0. The van der Waals surface area contributed by atoms with Crippen molar-refractivity contribution in [3.05, 3.63) is 65.6 Å². The lowest BCUT2D eigenvalue weighted by Gasteiger charge is -2.24. The second kappa shape index (κ2) is 6.71. The zero-order chi connectivity index (χ0) is 18.1. The van der Waals surface area contributed by atoms with Gasteiger partial charge in [0.25, 0.3) is 5.91 Å². The van der Waals surface area contributed by atoms with Gasteiger partial charge in [0.2, 0.25) is 0 Å². The van der Waals surface area contributed by atoms with Gasteiger partial charge in [-0.3, -0.25) is 9.59 Å². The maximum Gasteiger partial charge on any atom is 0.259 e. The molecule has 1 fully saturated rings. The molecule has 6 nitrogen and oxygen atoms in total. The van der Waals surface area contributed by atoms with Crippen molar-refractivity contribution in [1.29, 1.82) is 0 Å². The minimum atomic E-state index is -0.0959. The van der Waals surface area contributed by atoms with Crippen LogP contribution in [0, 0.1) is 6.92 Å². The van der Waals surface area contributed by atoms with Gasteiger partial charge in [-0.15, -0.1) is 0 Å². The average Bonchev–Trinajstić information content (AvgIpc) is 3.28. The van der Waals surface area contributed by atoms with Crippen LogP contribution in [0.1, 0.15) is 45.7 Å². The molecule has 3 heterocycles. The molecule has 3 aromatic rings. The summed E-state index contributed by atoms with van der Waals surface area (Å²) < 4.78 is 1.61. The third-order valence-corrected chi connectivity index (χ3v) is 4.89. The van der Waals surface area contributed by atoms with Gasteiger partial charge < -0.3 is 4.90 Å². The molecule has 0 spiro atoms. The summed E-state index contributed by atoms with van der Waals surface area (Å²) in [5, 5.41) is 4.23. The quantitative estimate of drug-likeness (QED) is 0.680. The second-order valence-corrected chi connectivity index (χ2v) is 6.68. The van der Waals surface area contributed by atoms with E-state index in [1.54, 1.807) is 16.9 Å². The maximum atomic E-state index is 13.1. The molecule has 0 bridgehead atoms. The van der Waals surface area contributed by atoms with Crippen molar-refractivity contribution in [1.82, 2.24) is 19.5 Å². The van der Waals surface area contributed by atoms with E-state index in [-0.39, 0.29) is 17.7 Å². The van der Waals surface area contributed by atoms with E-state index in [2.05, 4.69) is 10.1 Å². The van der Waals surface area contributed by atoms with Crippen LogP contribution in [0.2, 0.25) is 0 Å². The van der Waals surface area contributed by atoms with Gasteiger partial charge >= 0.3 is 0 Å². The molecule has 0 N–H and O–H groups in total. The van der Waals surface area contributed by atoms with Crippen LogP contribution in [0.5, 0.6) is 0 Å². The Morgan fingerprint density at radius 3 is 2.81 bits per heavy atom. The molecule has 4 rings (SSSR count). The number of carbonyl (C=O) groups is 2. The lowest BCUT2D eigenvalue weighted by atomic mass is 10.0. The highest BCUT2D eigenvalue weighted by molar-refractivity contribution is 6.01. The molecule has 1 aliphatic heterocycles. The van der Waals surface area contributed by atoms with Crippen LogP contribution >= 0.6 is 0 Å². The van der Waals surface area contributed by atoms with E-state index in [0.717, 1.165) is 18.5 Å². The molecule has 132 valence electrons. The largest absolute Gasteiger partial charge is 0.335 e. The first-order valence-corrected chi connectivity index (χ1v) is 8.83. The Morgan fingerprint density at radius 1 is 1.19 bits per heavy atom. The predicted octanol–water partition coefficient (Wildman–Crippen LogP) is 2.92. The zero-order valence-corrected chi connectivity index (χ0v) is 14.6. The SMILES string of the molecule is Cc1ccn2ncc(C(=O)N3CCC[C@@H]3CC(=O)c3ccccc3)c2n1. The number of Topliss-reactive ketones (excluding diaryl/α,β-unsaturated/α-hetero) is 1. The van der Waals surface area contributed by atoms with Crippen molar-refractivity contribution in [2.75, 3.05) is 6.54 Å². The molecule has 26 heavy (non-hydrogen) atoms. The molecule has 0 aliphatic carbocycles. The molecule has 1 saturated heterocycles. The molecule has 1 aromatic carbocycles. The summed E-state index contributed by atoms with van der Waals surface area (Å²) in [6.45, 7) is 2.55. The van der Waals surface area contributed by atoms with Crippen molar-refractivity contribution in [2.24, 2.45) is 0 Å². The smallest absolute Gasteiger partial charge is 0.259 e. The standard InChI is InChI=1S/C20H20N4O2/c1-14-9-11-24-19(22-14)17(13-21-24)20(26)23-10-5-8-16(23)12-18(25)15-6-3-2-4-7-15/h2-4,6-7,9,11,13,16H,5,8,10,12H2,1H3/t16-/m1/s1. The number of aryl methyl sites for hydroxylation is 1. The first-order valence-electron chi connectivity index (χ1n) is 8.83. The lowest BCUT2D eigenvalue weighted by Crippen LogP contribution is -2.36. The van der Waals surface area contributed by atoms with E-state index in [1.807, 2.05) is 48.2 Å². The van der Waals surface area contributed by atoms with Crippen molar-refractivity contribution in [3.63, 3.8) is 0 Å². The van der Waals surface area contributed by atoms with E-state index in [4.69, 9.17) is 0 Å². The van der Waals surface area contributed by atoms with Gasteiger partial charge in [-0.05, 0) is 25.8 Å². The highest BCUT2D eigenvalue weighted by Crippen LogP contribution is 2.25. The van der Waals surface area contributed by atoms with Crippen LogP contribution in [0.15, 0.2) is 48.8 Å². The monoisotopic (exact) mass is 348 g/mol. The van der Waals surface area contributed by atoms with Gasteiger partial charge in [-0.1, -0.05) is 30.3 Å². The van der Waals surface area contributed by atoms with E-state index < -0.39 is 0 Å². The number of likely N-dealkylation sites (tertiary alicyclic amines) is 1. The van der Waals surface area contributed by atoms with Crippen LogP contribution in [0.3, 0.4) is 0 Å². The molecule has 0 unspecified atom stereocenters. The minimum Gasteiger partial charge on any atom is -0.335 e. The van der Waals surface area contributed by atoms with Crippen LogP contribution in [-0.2, 0) is 0 Å². The van der Waals surface area contributed by atoms with Crippen molar-refractivity contribution >= 4 is 17.3 Å². The zero-order valence-electron chi connectivity index (χ0n) is 14.6. The number of fused-ring (bicyclic) bond motifs is 1. The van der Waals surface area contributed by atoms with E-state index in [1.165, 1.54) is 0 Å². The normalized spacial score (nSPS) is 17.0. The van der Waals surface area contributed by atoms with Crippen LogP contribution in [0.25, 0.3) is 5.65 Å². The Kier molecular flexibility index (Phi) is 4.24. The van der Waals surface area contributed by atoms with Gasteiger partial charge in [-0.2, -0.15) is 5.10 Å². The van der Waals surface area contributed by atoms with Gasteiger partial charge in [0, 0.05) is 36.5 Å². The Morgan fingerprint density at radius 2 is 2.00 bits per heavy atom. The molecule has 0 saturated carbocycles. The highest BCUT2D eigenvalue weighted by Gasteiger charge is 2.32. The van der Waals surface area contributed by atoms with E-state index in [0.29, 0.717) is 29.7 Å². The van der Waals surface area contributed by atoms with Gasteiger partial charge in [0.1, 0.15) is 5.56 Å². The number of rotatable bonds is 4. The molecular weight excluding hydrogens is 328 g/mol. The summed E-state index contributed by atoms with van der Waals surface area (Å²) in [5.74, 6) is -0.0226. The third-order valence-electron chi connectivity index (χ3n) is 4.89. The Hall–Kier alpha value is -3.02. The van der Waals surface area contributed by atoms with Crippen molar-refractivity contribution < 1.29 is 9.59 Å². The van der Waals surface area contributed by atoms with Crippen LogP contribution in [0.4, 0.5) is 0 Å². The minimum absolute atomic E-state index is 0.0733. The number of aromatic nitrogens is 3. The topological polar surface area (TPSA) is 67.6 Å². The van der Waals surface area contributed by atoms with E-state index in [9.17, 15) is 9.59 Å². The average molecular weight is 348 g/mol. The molecule has 1 aliphatic rings. The fourth-order valence-corrected chi connectivity index (χ4v) is 3.54. The summed E-state index contributed by atoms with van der Waals surface area (Å²) in [6.07, 6.45) is 5.47. The van der Waals surface area contributed by atoms with Crippen molar-refractivity contribution in [2.45, 2.75) is 32.2 Å². The fraction of sp³-hybridized carbons (Fsp3) is 0.300. The predicted molar refractivity (Wildman–Crippen MR) is 97.2 cm³/mol. The second-order valence-electron chi connectivity index (χ2n) is 6.68. The molecule has 2 aromatic heterocycles. The van der Waals surface area contributed by atoms with Crippen LogP contribution < -0.4 is 0 Å². The highest BCUT2D eigenvalue weighted by atomic mass is 16.2. The summed E-state index contributed by atoms with van der Waals surface area (Å²) in [5.41, 5.74) is 2.59. The summed E-state index contributed by atoms with van der Waals surface area (Å²) >= 11 is 0. The first kappa shape index (κ1) is 16.4. The number of nitrogens with zero attached hydrogens (tertiary/aromatic N) is 4. The number of carbonyl (C=O) groups excluding carboxylic acids is 2. The van der Waals surface area contributed by atoms with Crippen molar-refractivity contribution in [3.8, 4) is 0 Å². The first-order chi connectivity index (χ1) is 12.6. The summed E-state index contributed by atoms with van der Waals surface area (Å²) in [7, 11) is 0. The number of hydrogen-bond acceptors (Lipinski definition) is 4. The molecule has 1 amide bonds. The Labute approximate surface area is 151 Å². The van der Waals surface area contributed by atoms with E-state index >= 15 is 0 Å². The Balaban J connectivity index is 1.57. The maximum absolute atomic E-state index is 13.1. The Bertz CT molecular complexity index is 964. The lowest BCUT2D eigenvalue weighted by molar-refractivity contribution is 0.0718. The van der Waals surface area contributed by atoms with Gasteiger partial charge in [-0.25, -0.2) is 9.50 Å². The number of amides is 1. The number of benzene rings is 1. The van der Waals surface area contributed by atoms with Crippen LogP contribution in [-0.4, -0.2) is 43.8 Å². The summed E-state index contributed by atoms with van der Waals surface area (Å²) in [4.78, 5) is 31.9. The molecule has 6 heteroatoms. The number of hydrogen-bond donors (Lipinski definition) is 0. The van der Waals surface area contributed by atoms with Gasteiger partial charge in [0.15, 0.2) is 11.4 Å². The fourth-order valence-electron chi connectivity index (χ4n) is 3.54. The molecule has 1 atom stereocenters.